The number of amides is 5. The monoisotopic (exact) mass is 682 g/mol. The molecule has 0 aliphatic rings. The lowest BCUT2D eigenvalue weighted by Crippen LogP contribution is -2.49. The van der Waals surface area contributed by atoms with Gasteiger partial charge in [-0.1, -0.05) is 91.0 Å². The molecule has 2 atom stereocenters. The molecule has 49 heavy (non-hydrogen) atoms. The van der Waals surface area contributed by atoms with E-state index < -0.39 is 48.3 Å². The van der Waals surface area contributed by atoms with Gasteiger partial charge in [-0.2, -0.15) is 0 Å². The first-order valence-corrected chi connectivity index (χ1v) is 14.7. The number of ether oxygens (including phenoxy) is 3. The van der Waals surface area contributed by atoms with Gasteiger partial charge in [-0.3, -0.25) is 5.43 Å². The highest BCUT2D eigenvalue weighted by Gasteiger charge is 2.24. The van der Waals surface area contributed by atoms with Gasteiger partial charge in [0.2, 0.25) is 0 Å². The Kier molecular flexibility index (Phi) is 17.6. The number of hydrazine groups is 2. The molecule has 3 aromatic rings. The summed E-state index contributed by atoms with van der Waals surface area (Å²) in [6.45, 7) is 0.0861. The maximum Gasteiger partial charge on any atom is 0.426 e. The molecule has 0 saturated heterocycles. The van der Waals surface area contributed by atoms with E-state index in [1.54, 1.807) is 54.0 Å². The molecule has 0 fully saturated rings. The zero-order chi connectivity index (χ0) is 35.9. The van der Waals surface area contributed by atoms with E-state index in [4.69, 9.17) is 20.1 Å². The lowest BCUT2D eigenvalue weighted by molar-refractivity contribution is -0.139. The maximum atomic E-state index is 11.9. The number of carbonyl (C=O) groups excluding carboxylic acids is 4. The van der Waals surface area contributed by atoms with Crippen molar-refractivity contribution in [2.75, 3.05) is 0 Å². The van der Waals surface area contributed by atoms with Crippen molar-refractivity contribution in [3.8, 4) is 0 Å². The molecule has 3 rings (SSSR count). The van der Waals surface area contributed by atoms with E-state index in [1.807, 2.05) is 53.3 Å². The van der Waals surface area contributed by atoms with Crippen LogP contribution in [-0.4, -0.2) is 58.5 Å². The van der Waals surface area contributed by atoms with Crippen LogP contribution >= 0.6 is 0 Å². The Hall–Kier alpha value is -6.36. The Bertz CT molecular complexity index is 1410. The first-order valence-electron chi connectivity index (χ1n) is 14.7. The number of nitrogens with one attached hydrogen (secondary N) is 5. The second kappa shape index (κ2) is 22.2. The first-order chi connectivity index (χ1) is 23.6. The Balaban J connectivity index is 0.000000435. The minimum Gasteiger partial charge on any atom is -0.480 e. The van der Waals surface area contributed by atoms with Gasteiger partial charge in [-0.05, 0) is 36.0 Å². The summed E-state index contributed by atoms with van der Waals surface area (Å²) in [6, 6.07) is 23.6. The molecular weight excluding hydrogens is 644 g/mol. The SMILES string of the molecule is NNC(=O)NNC(=O)OCc1ccccc1.O=C(N[C@@H](CCC[C@@H](NC(=O)OCc1ccccc1)C(=O)O)C(=O)O)OCc1ccccc1. The smallest absolute Gasteiger partial charge is 0.426 e. The van der Waals surface area contributed by atoms with Gasteiger partial charge in [-0.25, -0.2) is 45.5 Å². The van der Waals surface area contributed by atoms with E-state index in [9.17, 15) is 39.0 Å². The summed E-state index contributed by atoms with van der Waals surface area (Å²) in [5, 5.41) is 23.2. The highest BCUT2D eigenvalue weighted by atomic mass is 16.6. The van der Waals surface area contributed by atoms with E-state index >= 15 is 0 Å². The van der Waals surface area contributed by atoms with Crippen molar-refractivity contribution in [3.63, 3.8) is 0 Å². The van der Waals surface area contributed by atoms with Gasteiger partial charge in [0.25, 0.3) is 0 Å². The Labute approximate surface area is 281 Å². The predicted molar refractivity (Wildman–Crippen MR) is 172 cm³/mol. The lowest BCUT2D eigenvalue weighted by atomic mass is 10.1. The van der Waals surface area contributed by atoms with Crippen molar-refractivity contribution in [2.45, 2.75) is 51.2 Å². The molecule has 0 aliphatic heterocycles. The normalized spacial score (nSPS) is 11.1. The summed E-state index contributed by atoms with van der Waals surface area (Å²) in [6.07, 6.45) is -2.58. The lowest BCUT2D eigenvalue weighted by Gasteiger charge is -2.17. The van der Waals surface area contributed by atoms with Gasteiger partial charge in [0.1, 0.15) is 31.9 Å². The van der Waals surface area contributed by atoms with Gasteiger partial charge >= 0.3 is 36.2 Å². The van der Waals surface area contributed by atoms with Crippen molar-refractivity contribution < 1.29 is 53.2 Å². The zero-order valence-electron chi connectivity index (χ0n) is 26.2. The van der Waals surface area contributed by atoms with Crippen LogP contribution < -0.4 is 32.8 Å². The van der Waals surface area contributed by atoms with Crippen LogP contribution in [0.3, 0.4) is 0 Å². The molecule has 5 amide bonds. The quantitative estimate of drug-likeness (QED) is 0.0529. The zero-order valence-corrected chi connectivity index (χ0v) is 26.2. The summed E-state index contributed by atoms with van der Waals surface area (Å²) in [4.78, 5) is 68.3. The fourth-order valence-electron chi connectivity index (χ4n) is 3.76. The third-order valence-electron chi connectivity index (χ3n) is 6.21. The number of carboxylic acid groups (broad SMARTS) is 2. The molecule has 9 N–H and O–H groups in total. The second-order valence-electron chi connectivity index (χ2n) is 9.91. The fourth-order valence-corrected chi connectivity index (χ4v) is 3.76. The number of aliphatic carboxylic acids is 2. The molecule has 0 spiro atoms. The molecule has 0 saturated carbocycles. The molecule has 17 nitrogen and oxygen atoms in total. The standard InChI is InChI=1S/C23H26N2O8.C9H12N4O3/c26-20(27)18(24-22(30)32-14-16-8-3-1-4-9-16)12-7-13-19(21(28)29)25-23(31)33-15-17-10-5-2-6-11-17;10-11-8(14)12-13-9(15)16-6-7-4-2-1-3-5-7/h1-6,8-11,18-19H,7,12-15H2,(H,24,30)(H,25,31)(H,26,27)(H,28,29);1-5H,6,10H2,(H,13,15)(H2,11,12,14)/t18-,19+;. The second-order valence-corrected chi connectivity index (χ2v) is 9.91. The van der Waals surface area contributed by atoms with Crippen LogP contribution in [0.15, 0.2) is 91.0 Å². The third kappa shape index (κ3) is 17.2. The molecular formula is C32H38N6O11. The van der Waals surface area contributed by atoms with E-state index in [0.29, 0.717) is 0 Å². The molecule has 17 heteroatoms. The molecule has 3 aromatic carbocycles. The van der Waals surface area contributed by atoms with Crippen molar-refractivity contribution in [3.05, 3.63) is 108 Å². The molecule has 0 heterocycles. The average Bonchev–Trinajstić information content (AvgIpc) is 3.11. The number of hydrogen-bond acceptors (Lipinski definition) is 10. The van der Waals surface area contributed by atoms with E-state index in [1.165, 1.54) is 0 Å². The van der Waals surface area contributed by atoms with Gasteiger partial charge in [-0.15, -0.1) is 0 Å². The summed E-state index contributed by atoms with van der Waals surface area (Å²) in [5.41, 5.74) is 8.08. The van der Waals surface area contributed by atoms with Crippen LogP contribution in [0.25, 0.3) is 0 Å². The van der Waals surface area contributed by atoms with Crippen molar-refractivity contribution in [1.29, 1.82) is 0 Å². The van der Waals surface area contributed by atoms with Crippen LogP contribution in [0, 0.1) is 0 Å². The fraction of sp³-hybridized carbons (Fsp3) is 0.250. The molecule has 0 aliphatic carbocycles. The predicted octanol–water partition coefficient (Wildman–Crippen LogP) is 2.92. The number of hydrogen-bond donors (Lipinski definition) is 8. The molecule has 0 aromatic heterocycles. The topological polar surface area (TPSA) is 257 Å². The van der Waals surface area contributed by atoms with Gasteiger partial charge in [0, 0.05) is 0 Å². The Morgan fingerprint density at radius 3 is 1.22 bits per heavy atom. The van der Waals surface area contributed by atoms with Gasteiger partial charge < -0.3 is 35.1 Å². The third-order valence-corrected chi connectivity index (χ3v) is 6.21. The largest absolute Gasteiger partial charge is 0.480 e. The van der Waals surface area contributed by atoms with Crippen LogP contribution in [-0.2, 0) is 43.6 Å². The summed E-state index contributed by atoms with van der Waals surface area (Å²) < 4.78 is 14.8. The Morgan fingerprint density at radius 2 is 0.898 bits per heavy atom. The van der Waals surface area contributed by atoms with E-state index in [-0.39, 0.29) is 39.1 Å². The highest BCUT2D eigenvalue weighted by Crippen LogP contribution is 2.08. The van der Waals surface area contributed by atoms with E-state index in [0.717, 1.165) is 16.7 Å². The number of rotatable bonds is 14. The van der Waals surface area contributed by atoms with Crippen molar-refractivity contribution in [1.82, 2.24) is 26.9 Å². The molecule has 262 valence electrons. The van der Waals surface area contributed by atoms with Gasteiger partial charge in [0.05, 0.1) is 0 Å². The Morgan fingerprint density at radius 1 is 0.551 bits per heavy atom. The molecule has 0 bridgehead atoms. The number of carboxylic acids is 2. The highest BCUT2D eigenvalue weighted by molar-refractivity contribution is 5.81. The minimum absolute atomic E-state index is 0.0187. The number of carbonyl (C=O) groups is 6. The number of benzene rings is 3. The molecule has 0 unspecified atom stereocenters. The summed E-state index contributed by atoms with van der Waals surface area (Å²) >= 11 is 0. The average molecular weight is 683 g/mol. The summed E-state index contributed by atoms with van der Waals surface area (Å²) in [5.74, 6) is 2.20. The molecule has 0 radical (unpaired) electrons. The minimum atomic E-state index is -1.28. The number of urea groups is 1. The number of alkyl carbamates (subject to hydrolysis) is 2. The van der Waals surface area contributed by atoms with E-state index in [2.05, 4.69) is 10.6 Å². The van der Waals surface area contributed by atoms with Crippen LogP contribution in [0.4, 0.5) is 19.2 Å². The van der Waals surface area contributed by atoms with Crippen LogP contribution in [0.5, 0.6) is 0 Å². The maximum absolute atomic E-state index is 11.9. The van der Waals surface area contributed by atoms with Crippen molar-refractivity contribution >= 4 is 36.2 Å². The number of nitrogens with two attached hydrogens (primary N) is 1. The van der Waals surface area contributed by atoms with Gasteiger partial charge in [0.15, 0.2) is 0 Å². The summed E-state index contributed by atoms with van der Waals surface area (Å²) in [7, 11) is 0. The first kappa shape index (κ1) is 38.8. The van der Waals surface area contributed by atoms with Crippen LogP contribution in [0.2, 0.25) is 0 Å². The van der Waals surface area contributed by atoms with Crippen LogP contribution in [0.1, 0.15) is 36.0 Å². The van der Waals surface area contributed by atoms with Crippen molar-refractivity contribution in [2.24, 2.45) is 5.84 Å².